The first-order chi connectivity index (χ1) is 10.4. The van der Waals surface area contributed by atoms with Crippen LogP contribution in [0.2, 0.25) is 0 Å². The van der Waals surface area contributed by atoms with Gasteiger partial charge in [0.05, 0.1) is 24.8 Å². The maximum absolute atomic E-state index is 12.1. The first-order valence-corrected chi connectivity index (χ1v) is 6.98. The number of amides is 2. The van der Waals surface area contributed by atoms with Crippen molar-refractivity contribution in [3.63, 3.8) is 0 Å². The van der Waals surface area contributed by atoms with Crippen LogP contribution >= 0.6 is 0 Å². The quantitative estimate of drug-likeness (QED) is 0.378. The Labute approximate surface area is 126 Å². The van der Waals surface area contributed by atoms with E-state index in [0.29, 0.717) is 0 Å². The third-order valence-electron chi connectivity index (χ3n) is 3.71. The number of aliphatic hydroxyl groups is 3. The maximum atomic E-state index is 12.1. The fraction of sp³-hybridized carbons (Fsp3) is 0.692. The highest BCUT2D eigenvalue weighted by molar-refractivity contribution is 5.94. The molecule has 2 aliphatic heterocycles. The zero-order valence-corrected chi connectivity index (χ0v) is 12.3. The zero-order chi connectivity index (χ0) is 16.4. The lowest BCUT2D eigenvalue weighted by Crippen LogP contribution is -2.57. The van der Waals surface area contributed by atoms with Gasteiger partial charge in [-0.15, -0.1) is 0 Å². The molecule has 2 heterocycles. The van der Waals surface area contributed by atoms with Crippen LogP contribution in [0.15, 0.2) is 11.3 Å². The molecule has 1 fully saturated rings. The van der Waals surface area contributed by atoms with Gasteiger partial charge < -0.3 is 35.4 Å². The van der Waals surface area contributed by atoms with Crippen LogP contribution in [0.4, 0.5) is 4.79 Å². The number of esters is 1. The third kappa shape index (κ3) is 2.93. The fourth-order valence-electron chi connectivity index (χ4n) is 2.66. The number of carbonyl (C=O) groups excluding carboxylic acids is 2. The Balaban J connectivity index is 2.32. The summed E-state index contributed by atoms with van der Waals surface area (Å²) < 4.78 is 10.4. The predicted octanol–water partition coefficient (Wildman–Crippen LogP) is -2.01. The second-order valence-corrected chi connectivity index (χ2v) is 5.14. The van der Waals surface area contributed by atoms with Crippen LogP contribution in [0.1, 0.15) is 13.8 Å². The summed E-state index contributed by atoms with van der Waals surface area (Å²) in [7, 11) is 0. The number of nitrogens with one attached hydrogen (secondary N) is 2. The topological polar surface area (TPSA) is 137 Å². The van der Waals surface area contributed by atoms with E-state index in [1.165, 1.54) is 6.92 Å². The predicted molar refractivity (Wildman–Crippen MR) is 72.5 cm³/mol. The van der Waals surface area contributed by atoms with Crippen molar-refractivity contribution in [3.05, 3.63) is 11.3 Å². The molecule has 124 valence electrons. The fourth-order valence-corrected chi connectivity index (χ4v) is 2.66. The second kappa shape index (κ2) is 6.61. The molecular formula is C13H20N2O7. The largest absolute Gasteiger partial charge is 0.463 e. The molecular weight excluding hydrogens is 296 g/mol. The van der Waals surface area contributed by atoms with Gasteiger partial charge in [0.2, 0.25) is 0 Å². The molecule has 5 N–H and O–H groups in total. The summed E-state index contributed by atoms with van der Waals surface area (Å²) in [5.41, 5.74) is 0.390. The molecule has 0 bridgehead atoms. The zero-order valence-electron chi connectivity index (χ0n) is 12.3. The highest BCUT2D eigenvalue weighted by Crippen LogP contribution is 2.29. The Hall–Kier alpha value is -1.68. The van der Waals surface area contributed by atoms with E-state index in [9.17, 15) is 19.8 Å². The van der Waals surface area contributed by atoms with Gasteiger partial charge in [-0.1, -0.05) is 0 Å². The number of ether oxygens (including phenoxy) is 2. The van der Waals surface area contributed by atoms with Crippen LogP contribution in [0.3, 0.4) is 0 Å². The van der Waals surface area contributed by atoms with E-state index in [-0.39, 0.29) is 17.9 Å². The van der Waals surface area contributed by atoms with E-state index in [1.54, 1.807) is 6.92 Å². The summed E-state index contributed by atoms with van der Waals surface area (Å²) in [6.07, 6.45) is -4.74. The van der Waals surface area contributed by atoms with Crippen molar-refractivity contribution in [1.82, 2.24) is 10.6 Å². The number of urea groups is 1. The molecule has 0 radical (unpaired) electrons. The standard InChI is InChI=1S/C13H20N2O7/c1-3-21-12(19)7-5(2)14-13(20)15-8(7)11-10(18)9(17)6(4-16)22-11/h6,8-11,16-18H,3-4H2,1-2H3,(H2,14,15,20)/t6-,8+,9-,10-,11+/m1/s1. The summed E-state index contributed by atoms with van der Waals surface area (Å²) in [6.45, 7) is 2.82. The minimum absolute atomic E-state index is 0.108. The third-order valence-corrected chi connectivity index (χ3v) is 3.71. The Kier molecular flexibility index (Phi) is 5.01. The van der Waals surface area contributed by atoms with Crippen LogP contribution in [0.25, 0.3) is 0 Å². The molecule has 0 unspecified atom stereocenters. The van der Waals surface area contributed by atoms with Crippen molar-refractivity contribution in [1.29, 1.82) is 0 Å². The van der Waals surface area contributed by atoms with E-state index in [2.05, 4.69) is 10.6 Å². The maximum Gasteiger partial charge on any atom is 0.337 e. The highest BCUT2D eigenvalue weighted by atomic mass is 16.6. The monoisotopic (exact) mass is 316 g/mol. The molecule has 9 heteroatoms. The van der Waals surface area contributed by atoms with E-state index in [1.807, 2.05) is 0 Å². The van der Waals surface area contributed by atoms with Crippen LogP contribution in [0, 0.1) is 0 Å². The molecule has 0 aromatic carbocycles. The lowest BCUT2D eigenvalue weighted by molar-refractivity contribution is -0.139. The molecule has 9 nitrogen and oxygen atoms in total. The minimum Gasteiger partial charge on any atom is -0.463 e. The molecule has 22 heavy (non-hydrogen) atoms. The molecule has 0 aliphatic carbocycles. The van der Waals surface area contributed by atoms with Gasteiger partial charge in [-0.25, -0.2) is 9.59 Å². The van der Waals surface area contributed by atoms with E-state index < -0.39 is 49.1 Å². The van der Waals surface area contributed by atoms with Crippen molar-refractivity contribution < 1.29 is 34.4 Å². The number of rotatable bonds is 4. The van der Waals surface area contributed by atoms with E-state index in [0.717, 1.165) is 0 Å². The Morgan fingerprint density at radius 2 is 2.05 bits per heavy atom. The Morgan fingerprint density at radius 1 is 1.36 bits per heavy atom. The first kappa shape index (κ1) is 16.7. The Bertz CT molecular complexity index is 493. The first-order valence-electron chi connectivity index (χ1n) is 6.98. The van der Waals surface area contributed by atoms with E-state index in [4.69, 9.17) is 14.6 Å². The van der Waals surface area contributed by atoms with Gasteiger partial charge in [-0.3, -0.25) is 0 Å². The number of aliphatic hydroxyl groups excluding tert-OH is 3. The summed E-state index contributed by atoms with van der Waals surface area (Å²) in [5.74, 6) is -0.657. The summed E-state index contributed by atoms with van der Waals surface area (Å²) in [4.78, 5) is 23.7. The lowest BCUT2D eigenvalue weighted by atomic mass is 9.93. The van der Waals surface area contributed by atoms with Crippen molar-refractivity contribution in [2.75, 3.05) is 13.2 Å². The minimum atomic E-state index is -1.36. The molecule has 1 saturated heterocycles. The average molecular weight is 316 g/mol. The molecule has 0 aromatic heterocycles. The average Bonchev–Trinajstić information content (AvgIpc) is 2.74. The number of hydrogen-bond donors (Lipinski definition) is 5. The van der Waals surface area contributed by atoms with Gasteiger partial charge in [-0.2, -0.15) is 0 Å². The van der Waals surface area contributed by atoms with Gasteiger partial charge in [0.1, 0.15) is 24.4 Å². The van der Waals surface area contributed by atoms with Gasteiger partial charge >= 0.3 is 12.0 Å². The second-order valence-electron chi connectivity index (χ2n) is 5.14. The van der Waals surface area contributed by atoms with Crippen LogP contribution in [-0.2, 0) is 14.3 Å². The lowest BCUT2D eigenvalue weighted by Gasteiger charge is -2.32. The Morgan fingerprint density at radius 3 is 2.59 bits per heavy atom. The summed E-state index contributed by atoms with van der Waals surface area (Å²) >= 11 is 0. The normalized spacial score (nSPS) is 35.1. The van der Waals surface area contributed by atoms with Crippen molar-refractivity contribution in [2.45, 2.75) is 44.3 Å². The van der Waals surface area contributed by atoms with Gasteiger partial charge in [0.25, 0.3) is 0 Å². The van der Waals surface area contributed by atoms with E-state index >= 15 is 0 Å². The van der Waals surface area contributed by atoms with Crippen molar-refractivity contribution >= 4 is 12.0 Å². The number of hydrogen-bond acceptors (Lipinski definition) is 7. The highest BCUT2D eigenvalue weighted by Gasteiger charge is 2.49. The molecule has 2 aliphatic rings. The van der Waals surface area contributed by atoms with Gasteiger partial charge in [0, 0.05) is 5.70 Å². The molecule has 2 amide bonds. The van der Waals surface area contributed by atoms with Crippen molar-refractivity contribution in [3.8, 4) is 0 Å². The number of carbonyl (C=O) groups is 2. The van der Waals surface area contributed by atoms with Crippen LogP contribution in [-0.4, -0.2) is 71.0 Å². The number of allylic oxidation sites excluding steroid dienone is 1. The van der Waals surface area contributed by atoms with Gasteiger partial charge in [0.15, 0.2) is 0 Å². The molecule has 2 rings (SSSR count). The van der Waals surface area contributed by atoms with Crippen LogP contribution in [0.5, 0.6) is 0 Å². The molecule has 0 spiro atoms. The van der Waals surface area contributed by atoms with Crippen molar-refractivity contribution in [2.24, 2.45) is 0 Å². The van der Waals surface area contributed by atoms with Gasteiger partial charge in [-0.05, 0) is 13.8 Å². The summed E-state index contributed by atoms with van der Waals surface area (Å²) in [5, 5.41) is 34.0. The molecule has 0 saturated carbocycles. The van der Waals surface area contributed by atoms with Crippen LogP contribution < -0.4 is 10.6 Å². The molecule has 0 aromatic rings. The molecule has 5 atom stereocenters. The summed E-state index contributed by atoms with van der Waals surface area (Å²) in [6, 6.07) is -1.55. The SMILES string of the molecule is CCOC(=O)C1=C(C)NC(=O)N[C@@H]1[C@@H]1O[C@H](CO)[C@@H](O)[C@H]1O. The smallest absolute Gasteiger partial charge is 0.337 e.